The van der Waals surface area contributed by atoms with Crippen molar-refractivity contribution in [2.45, 2.75) is 12.8 Å². The highest BCUT2D eigenvalue weighted by Gasteiger charge is 2.21. The number of nitrogens with zero attached hydrogens (tertiary/aromatic N) is 3. The molecule has 1 aliphatic heterocycles. The van der Waals surface area contributed by atoms with E-state index in [-0.39, 0.29) is 5.56 Å². The van der Waals surface area contributed by atoms with Gasteiger partial charge in [-0.25, -0.2) is 0 Å². The topological polar surface area (TPSA) is 119 Å². The van der Waals surface area contributed by atoms with E-state index >= 15 is 0 Å². The van der Waals surface area contributed by atoms with E-state index in [1.807, 2.05) is 12.1 Å². The first-order valence-corrected chi connectivity index (χ1v) is 8.05. The van der Waals surface area contributed by atoms with Crippen LogP contribution in [0.4, 0.5) is 22.7 Å². The molecule has 134 valence electrons. The number of benzene rings is 2. The van der Waals surface area contributed by atoms with Crippen LogP contribution in [0, 0.1) is 20.2 Å². The minimum absolute atomic E-state index is 0.137. The number of nitrogens with one attached hydrogen (secondary N) is 1. The van der Waals surface area contributed by atoms with Crippen LogP contribution in [0.1, 0.15) is 23.2 Å². The van der Waals surface area contributed by atoms with Gasteiger partial charge < -0.3 is 10.2 Å². The number of nitro benzene ring substituents is 2. The van der Waals surface area contributed by atoms with Gasteiger partial charge in [-0.05, 0) is 25.0 Å². The van der Waals surface area contributed by atoms with E-state index in [1.165, 1.54) is 0 Å². The summed E-state index contributed by atoms with van der Waals surface area (Å²) in [5.41, 5.74) is 0.281. The number of carbonyl (C=O) groups excluding carboxylic acids is 1. The Morgan fingerprint density at radius 2 is 1.54 bits per heavy atom. The summed E-state index contributed by atoms with van der Waals surface area (Å²) in [6.07, 6.45) is 2.14. The molecule has 0 saturated carbocycles. The third-order valence-electron chi connectivity index (χ3n) is 4.19. The molecule has 0 radical (unpaired) electrons. The van der Waals surface area contributed by atoms with Crippen molar-refractivity contribution in [2.24, 2.45) is 0 Å². The van der Waals surface area contributed by atoms with Crippen LogP contribution in [-0.2, 0) is 0 Å². The maximum Gasteiger partial charge on any atom is 0.277 e. The highest BCUT2D eigenvalue weighted by molar-refractivity contribution is 6.06. The molecule has 2 aromatic rings. The van der Waals surface area contributed by atoms with Gasteiger partial charge in [0.2, 0.25) is 0 Å². The van der Waals surface area contributed by atoms with Gasteiger partial charge in [0, 0.05) is 25.2 Å². The zero-order valence-corrected chi connectivity index (χ0v) is 13.8. The molecule has 1 aliphatic rings. The SMILES string of the molecule is O=C(Nc1ccccc1N1CCCC1)c1cc([N+](=O)[O-])cc([N+](=O)[O-])c1. The molecule has 0 atom stereocenters. The third-order valence-corrected chi connectivity index (χ3v) is 4.19. The average Bonchev–Trinajstić information content (AvgIpc) is 3.16. The molecule has 0 unspecified atom stereocenters. The zero-order valence-electron chi connectivity index (χ0n) is 13.8. The number of amides is 1. The standard InChI is InChI=1S/C17H16N4O5/c22-17(12-9-13(20(23)24)11-14(10-12)21(25)26)18-15-5-1-2-6-16(15)19-7-3-4-8-19/h1-2,5-6,9-11H,3-4,7-8H2,(H,18,22). The third kappa shape index (κ3) is 3.61. The number of rotatable bonds is 5. The highest BCUT2D eigenvalue weighted by Crippen LogP contribution is 2.30. The van der Waals surface area contributed by atoms with Crippen LogP contribution in [0.15, 0.2) is 42.5 Å². The smallest absolute Gasteiger partial charge is 0.277 e. The molecule has 9 heteroatoms. The predicted octanol–water partition coefficient (Wildman–Crippen LogP) is 3.36. The van der Waals surface area contributed by atoms with Crippen LogP contribution in [-0.4, -0.2) is 28.8 Å². The monoisotopic (exact) mass is 356 g/mol. The molecule has 9 nitrogen and oxygen atoms in total. The average molecular weight is 356 g/mol. The van der Waals surface area contributed by atoms with Gasteiger partial charge in [-0.3, -0.25) is 25.0 Å². The second-order valence-electron chi connectivity index (χ2n) is 5.92. The molecule has 26 heavy (non-hydrogen) atoms. The predicted molar refractivity (Wildman–Crippen MR) is 95.6 cm³/mol. The Morgan fingerprint density at radius 1 is 0.962 bits per heavy atom. The molecular formula is C17H16N4O5. The lowest BCUT2D eigenvalue weighted by atomic mass is 10.1. The number of anilines is 2. The molecule has 0 bridgehead atoms. The number of non-ortho nitro benzene ring substituents is 2. The van der Waals surface area contributed by atoms with E-state index in [9.17, 15) is 25.0 Å². The first kappa shape index (κ1) is 17.3. The number of nitro groups is 2. The van der Waals surface area contributed by atoms with E-state index in [1.54, 1.807) is 12.1 Å². The minimum Gasteiger partial charge on any atom is -0.370 e. The molecule has 0 aliphatic carbocycles. The Bertz CT molecular complexity index is 845. The maximum atomic E-state index is 12.6. The van der Waals surface area contributed by atoms with Crippen molar-refractivity contribution in [2.75, 3.05) is 23.3 Å². The van der Waals surface area contributed by atoms with Gasteiger partial charge in [-0.15, -0.1) is 0 Å². The van der Waals surface area contributed by atoms with Crippen LogP contribution >= 0.6 is 0 Å². The second kappa shape index (κ2) is 7.18. The van der Waals surface area contributed by atoms with Gasteiger partial charge in [0.1, 0.15) is 0 Å². The lowest BCUT2D eigenvalue weighted by Crippen LogP contribution is -2.21. The molecular weight excluding hydrogens is 340 g/mol. The second-order valence-corrected chi connectivity index (χ2v) is 5.92. The van der Waals surface area contributed by atoms with Crippen LogP contribution in [0.2, 0.25) is 0 Å². The van der Waals surface area contributed by atoms with Crippen molar-refractivity contribution in [3.63, 3.8) is 0 Å². The van der Waals surface area contributed by atoms with E-state index in [2.05, 4.69) is 10.2 Å². The molecule has 0 spiro atoms. The zero-order chi connectivity index (χ0) is 18.7. The number of hydrogen-bond donors (Lipinski definition) is 1. The van der Waals surface area contributed by atoms with Gasteiger partial charge in [0.25, 0.3) is 17.3 Å². The number of para-hydroxylation sites is 2. The van der Waals surface area contributed by atoms with Crippen LogP contribution < -0.4 is 10.2 Å². The lowest BCUT2D eigenvalue weighted by Gasteiger charge is -2.21. The van der Waals surface area contributed by atoms with Gasteiger partial charge in [-0.2, -0.15) is 0 Å². The summed E-state index contributed by atoms with van der Waals surface area (Å²) in [6, 6.07) is 10.1. The molecule has 1 N–H and O–H groups in total. The molecule has 1 heterocycles. The summed E-state index contributed by atoms with van der Waals surface area (Å²) < 4.78 is 0. The first-order chi connectivity index (χ1) is 12.5. The fraction of sp³-hybridized carbons (Fsp3) is 0.235. The molecule has 1 fully saturated rings. The quantitative estimate of drug-likeness (QED) is 0.648. The summed E-state index contributed by atoms with van der Waals surface area (Å²) >= 11 is 0. The van der Waals surface area contributed by atoms with Crippen molar-refractivity contribution in [3.8, 4) is 0 Å². The van der Waals surface area contributed by atoms with Crippen molar-refractivity contribution in [1.82, 2.24) is 0 Å². The van der Waals surface area contributed by atoms with E-state index in [0.717, 1.165) is 49.8 Å². The van der Waals surface area contributed by atoms with Crippen molar-refractivity contribution >= 4 is 28.7 Å². The normalized spacial score (nSPS) is 13.5. The summed E-state index contributed by atoms with van der Waals surface area (Å²) in [5, 5.41) is 24.7. The van der Waals surface area contributed by atoms with E-state index < -0.39 is 27.1 Å². The number of carbonyl (C=O) groups is 1. The molecule has 1 saturated heterocycles. The summed E-state index contributed by atoms with van der Waals surface area (Å²) in [6.45, 7) is 1.77. The minimum atomic E-state index is -0.762. The lowest BCUT2D eigenvalue weighted by molar-refractivity contribution is -0.394. The van der Waals surface area contributed by atoms with Crippen molar-refractivity contribution in [3.05, 3.63) is 68.3 Å². The van der Waals surface area contributed by atoms with Crippen LogP contribution in [0.3, 0.4) is 0 Å². The Labute approximate surface area is 148 Å². The summed E-state index contributed by atoms with van der Waals surface area (Å²) in [7, 11) is 0. The fourth-order valence-electron chi connectivity index (χ4n) is 2.94. The van der Waals surface area contributed by atoms with Gasteiger partial charge in [-0.1, -0.05) is 12.1 Å². The summed E-state index contributed by atoms with van der Waals surface area (Å²) in [4.78, 5) is 35.1. The van der Waals surface area contributed by atoms with Crippen LogP contribution in [0.25, 0.3) is 0 Å². The van der Waals surface area contributed by atoms with Gasteiger partial charge >= 0.3 is 0 Å². The fourth-order valence-corrected chi connectivity index (χ4v) is 2.94. The summed E-state index contributed by atoms with van der Waals surface area (Å²) in [5.74, 6) is -0.636. The number of hydrogen-bond acceptors (Lipinski definition) is 6. The largest absolute Gasteiger partial charge is 0.370 e. The van der Waals surface area contributed by atoms with E-state index in [0.29, 0.717) is 5.69 Å². The molecule has 2 aromatic carbocycles. The van der Waals surface area contributed by atoms with Crippen molar-refractivity contribution in [1.29, 1.82) is 0 Å². The van der Waals surface area contributed by atoms with Crippen molar-refractivity contribution < 1.29 is 14.6 Å². The van der Waals surface area contributed by atoms with Gasteiger partial charge in [0.05, 0.1) is 32.9 Å². The van der Waals surface area contributed by atoms with Crippen LogP contribution in [0.5, 0.6) is 0 Å². The maximum absolute atomic E-state index is 12.6. The van der Waals surface area contributed by atoms with Gasteiger partial charge in [0.15, 0.2) is 0 Å². The Kier molecular flexibility index (Phi) is 4.78. The van der Waals surface area contributed by atoms with E-state index in [4.69, 9.17) is 0 Å². The molecule has 0 aromatic heterocycles. The first-order valence-electron chi connectivity index (χ1n) is 8.05. The Morgan fingerprint density at radius 3 is 2.12 bits per heavy atom. The molecule has 1 amide bonds. The molecule has 3 rings (SSSR count). The highest BCUT2D eigenvalue weighted by atomic mass is 16.6. The Balaban J connectivity index is 1.91. The Hall–Kier alpha value is -3.49.